The SMILES string of the molecule is CCNc1nc(-c2cc(Br)ccc2Cl)nc(C)c1Br. The molecule has 0 unspecified atom stereocenters. The molecule has 0 amide bonds. The van der Waals surface area contributed by atoms with E-state index >= 15 is 0 Å². The molecule has 1 aromatic heterocycles. The minimum absolute atomic E-state index is 0.614. The Hall–Kier alpha value is -0.650. The molecular formula is C13H12Br2ClN3. The van der Waals surface area contributed by atoms with Crippen LogP contribution in [0.2, 0.25) is 5.02 Å². The van der Waals surface area contributed by atoms with Crippen LogP contribution >= 0.6 is 43.5 Å². The van der Waals surface area contributed by atoms with E-state index in [4.69, 9.17) is 11.6 Å². The van der Waals surface area contributed by atoms with E-state index in [1.807, 2.05) is 32.0 Å². The van der Waals surface area contributed by atoms with Gasteiger partial charge in [0.05, 0.1) is 15.2 Å². The van der Waals surface area contributed by atoms with Gasteiger partial charge in [0.15, 0.2) is 5.82 Å². The van der Waals surface area contributed by atoms with Crippen LogP contribution in [0.25, 0.3) is 11.4 Å². The lowest BCUT2D eigenvalue weighted by Crippen LogP contribution is -2.04. The fraction of sp³-hybridized carbons (Fsp3) is 0.231. The van der Waals surface area contributed by atoms with Gasteiger partial charge in [-0.1, -0.05) is 27.5 Å². The Morgan fingerprint density at radius 3 is 2.68 bits per heavy atom. The Balaban J connectivity index is 2.59. The average Bonchev–Trinajstić information content (AvgIpc) is 2.38. The summed E-state index contributed by atoms with van der Waals surface area (Å²) in [5.74, 6) is 1.39. The highest BCUT2D eigenvalue weighted by atomic mass is 79.9. The van der Waals surface area contributed by atoms with Crippen LogP contribution in [0.15, 0.2) is 27.1 Å². The molecule has 2 rings (SSSR count). The van der Waals surface area contributed by atoms with E-state index in [-0.39, 0.29) is 0 Å². The molecule has 0 saturated heterocycles. The summed E-state index contributed by atoms with van der Waals surface area (Å²) in [6.07, 6.45) is 0. The molecule has 1 N–H and O–H groups in total. The summed E-state index contributed by atoms with van der Waals surface area (Å²) < 4.78 is 1.82. The summed E-state index contributed by atoms with van der Waals surface area (Å²) in [7, 11) is 0. The van der Waals surface area contributed by atoms with E-state index in [0.717, 1.165) is 32.6 Å². The van der Waals surface area contributed by atoms with Crippen LogP contribution in [0.1, 0.15) is 12.6 Å². The minimum Gasteiger partial charge on any atom is -0.369 e. The molecule has 1 heterocycles. The molecule has 0 aliphatic rings. The van der Waals surface area contributed by atoms with Crippen LogP contribution in [-0.2, 0) is 0 Å². The number of aryl methyl sites for hydroxylation is 1. The molecule has 0 aliphatic carbocycles. The number of anilines is 1. The highest BCUT2D eigenvalue weighted by Gasteiger charge is 2.13. The molecule has 100 valence electrons. The first kappa shape index (κ1) is 14.8. The zero-order chi connectivity index (χ0) is 14.0. The average molecular weight is 406 g/mol. The Kier molecular flexibility index (Phi) is 4.81. The largest absolute Gasteiger partial charge is 0.369 e. The predicted octanol–water partition coefficient (Wildman–Crippen LogP) is 5.06. The number of nitrogens with one attached hydrogen (secondary N) is 1. The third-order valence-corrected chi connectivity index (χ3v) is 4.30. The van der Waals surface area contributed by atoms with Gasteiger partial charge in [-0.15, -0.1) is 0 Å². The monoisotopic (exact) mass is 403 g/mol. The van der Waals surface area contributed by atoms with E-state index in [0.29, 0.717) is 10.8 Å². The molecule has 2 aromatic rings. The molecule has 1 aromatic carbocycles. The third-order valence-electron chi connectivity index (χ3n) is 2.53. The zero-order valence-corrected chi connectivity index (χ0v) is 14.4. The lowest BCUT2D eigenvalue weighted by molar-refractivity contribution is 1.06. The molecule has 19 heavy (non-hydrogen) atoms. The van der Waals surface area contributed by atoms with Crippen LogP contribution in [0.5, 0.6) is 0 Å². The zero-order valence-electron chi connectivity index (χ0n) is 10.5. The summed E-state index contributed by atoms with van der Waals surface area (Å²) >= 11 is 13.1. The van der Waals surface area contributed by atoms with Gasteiger partial charge in [-0.25, -0.2) is 9.97 Å². The predicted molar refractivity (Wildman–Crippen MR) is 86.8 cm³/mol. The van der Waals surface area contributed by atoms with Gasteiger partial charge in [-0.05, 0) is 48.0 Å². The maximum Gasteiger partial charge on any atom is 0.163 e. The number of nitrogens with zero attached hydrogens (tertiary/aromatic N) is 2. The maximum atomic E-state index is 6.22. The second kappa shape index (κ2) is 6.20. The van der Waals surface area contributed by atoms with Crippen molar-refractivity contribution in [2.45, 2.75) is 13.8 Å². The smallest absolute Gasteiger partial charge is 0.163 e. The lowest BCUT2D eigenvalue weighted by Gasteiger charge is -2.11. The quantitative estimate of drug-likeness (QED) is 0.775. The normalized spacial score (nSPS) is 10.6. The first-order valence-electron chi connectivity index (χ1n) is 5.76. The molecule has 6 heteroatoms. The number of rotatable bonds is 3. The second-order valence-electron chi connectivity index (χ2n) is 3.95. The van der Waals surface area contributed by atoms with Crippen LogP contribution in [0, 0.1) is 6.92 Å². The molecule has 0 saturated carbocycles. The molecule has 0 spiro atoms. The Bertz CT molecular complexity index is 617. The topological polar surface area (TPSA) is 37.8 Å². The molecule has 0 aliphatic heterocycles. The maximum absolute atomic E-state index is 6.22. The van der Waals surface area contributed by atoms with E-state index in [1.165, 1.54) is 0 Å². The molecule has 0 atom stereocenters. The Morgan fingerprint density at radius 1 is 1.26 bits per heavy atom. The Morgan fingerprint density at radius 2 is 2.00 bits per heavy atom. The molecular weight excluding hydrogens is 393 g/mol. The van der Waals surface area contributed by atoms with Gasteiger partial charge in [0, 0.05) is 16.6 Å². The van der Waals surface area contributed by atoms with Crippen molar-refractivity contribution in [2.24, 2.45) is 0 Å². The van der Waals surface area contributed by atoms with Crippen LogP contribution in [-0.4, -0.2) is 16.5 Å². The van der Waals surface area contributed by atoms with Gasteiger partial charge in [-0.2, -0.15) is 0 Å². The van der Waals surface area contributed by atoms with Gasteiger partial charge < -0.3 is 5.32 Å². The van der Waals surface area contributed by atoms with Crippen molar-refractivity contribution in [1.29, 1.82) is 0 Å². The van der Waals surface area contributed by atoms with Gasteiger partial charge >= 0.3 is 0 Å². The molecule has 3 nitrogen and oxygen atoms in total. The van der Waals surface area contributed by atoms with Crippen molar-refractivity contribution >= 4 is 49.3 Å². The standard InChI is InChI=1S/C13H12Br2ClN3/c1-3-17-13-11(15)7(2)18-12(19-13)9-6-8(14)4-5-10(9)16/h4-6H,3H2,1-2H3,(H,17,18,19). The lowest BCUT2D eigenvalue weighted by atomic mass is 10.2. The fourth-order valence-electron chi connectivity index (χ4n) is 1.63. The highest BCUT2D eigenvalue weighted by molar-refractivity contribution is 9.11. The number of hydrogen-bond acceptors (Lipinski definition) is 3. The highest BCUT2D eigenvalue weighted by Crippen LogP contribution is 2.32. The van der Waals surface area contributed by atoms with Crippen molar-refractivity contribution in [3.63, 3.8) is 0 Å². The van der Waals surface area contributed by atoms with E-state index in [9.17, 15) is 0 Å². The third kappa shape index (κ3) is 3.27. The number of halogens is 3. The number of hydrogen-bond donors (Lipinski definition) is 1. The van der Waals surface area contributed by atoms with E-state index in [1.54, 1.807) is 0 Å². The summed E-state index contributed by atoms with van der Waals surface area (Å²) in [5, 5.41) is 3.84. The number of aromatic nitrogens is 2. The summed E-state index contributed by atoms with van der Waals surface area (Å²) in [6, 6.07) is 5.64. The second-order valence-corrected chi connectivity index (χ2v) is 6.07. The first-order chi connectivity index (χ1) is 9.02. The fourth-order valence-corrected chi connectivity index (χ4v) is 2.51. The first-order valence-corrected chi connectivity index (χ1v) is 7.72. The van der Waals surface area contributed by atoms with E-state index < -0.39 is 0 Å². The molecule has 0 bridgehead atoms. The summed E-state index contributed by atoms with van der Waals surface area (Å²) in [4.78, 5) is 9.01. The van der Waals surface area contributed by atoms with Crippen LogP contribution < -0.4 is 5.32 Å². The summed E-state index contributed by atoms with van der Waals surface area (Å²) in [6.45, 7) is 4.75. The van der Waals surface area contributed by atoms with Crippen molar-refractivity contribution in [3.05, 3.63) is 37.9 Å². The van der Waals surface area contributed by atoms with Gasteiger partial charge in [0.1, 0.15) is 5.82 Å². The molecule has 0 fully saturated rings. The van der Waals surface area contributed by atoms with E-state index in [2.05, 4.69) is 47.1 Å². The number of benzene rings is 1. The van der Waals surface area contributed by atoms with Crippen molar-refractivity contribution in [3.8, 4) is 11.4 Å². The van der Waals surface area contributed by atoms with Crippen molar-refractivity contribution in [1.82, 2.24) is 9.97 Å². The minimum atomic E-state index is 0.614. The van der Waals surface area contributed by atoms with Gasteiger partial charge in [0.2, 0.25) is 0 Å². The van der Waals surface area contributed by atoms with Gasteiger partial charge in [0.25, 0.3) is 0 Å². The van der Waals surface area contributed by atoms with Crippen molar-refractivity contribution in [2.75, 3.05) is 11.9 Å². The van der Waals surface area contributed by atoms with Crippen LogP contribution in [0.4, 0.5) is 5.82 Å². The molecule has 0 radical (unpaired) electrons. The van der Waals surface area contributed by atoms with Gasteiger partial charge in [-0.3, -0.25) is 0 Å². The van der Waals surface area contributed by atoms with Crippen molar-refractivity contribution < 1.29 is 0 Å². The van der Waals surface area contributed by atoms with Crippen LogP contribution in [0.3, 0.4) is 0 Å². The summed E-state index contributed by atoms with van der Waals surface area (Å²) in [5.41, 5.74) is 1.68. The Labute approximate surface area is 134 Å².